The first-order chi connectivity index (χ1) is 9.87. The Bertz CT molecular complexity index is 741. The van der Waals surface area contributed by atoms with Gasteiger partial charge in [-0.3, -0.25) is 4.31 Å². The van der Waals surface area contributed by atoms with Crippen molar-refractivity contribution in [3.63, 3.8) is 0 Å². The van der Waals surface area contributed by atoms with Crippen molar-refractivity contribution in [3.8, 4) is 6.07 Å². The summed E-state index contributed by atoms with van der Waals surface area (Å²) in [7, 11) is -3.48. The summed E-state index contributed by atoms with van der Waals surface area (Å²) in [6, 6.07) is 5.29. The van der Waals surface area contributed by atoms with Crippen LogP contribution in [0.5, 0.6) is 0 Å². The molecule has 0 N–H and O–H groups in total. The molecule has 3 rings (SSSR count). The molecule has 1 aromatic carbocycles. The summed E-state index contributed by atoms with van der Waals surface area (Å²) >= 11 is 6.16. The maximum atomic E-state index is 12.7. The minimum atomic E-state index is -3.48. The zero-order chi connectivity index (χ0) is 15.4. The monoisotopic (exact) mass is 325 g/mol. The summed E-state index contributed by atoms with van der Waals surface area (Å²) in [5, 5.41) is 9.32. The molecule has 0 unspecified atom stereocenters. The van der Waals surface area contributed by atoms with Gasteiger partial charge in [0.25, 0.3) is 0 Å². The normalized spacial score (nSPS) is 27.6. The van der Waals surface area contributed by atoms with Crippen LogP contribution in [0.15, 0.2) is 12.1 Å². The van der Waals surface area contributed by atoms with Gasteiger partial charge in [-0.1, -0.05) is 18.5 Å². The summed E-state index contributed by atoms with van der Waals surface area (Å²) in [4.78, 5) is 0. The van der Waals surface area contributed by atoms with E-state index >= 15 is 0 Å². The fraction of sp³-hybridized carbons (Fsp3) is 0.500. The van der Waals surface area contributed by atoms with Crippen molar-refractivity contribution in [3.05, 3.63) is 28.3 Å². The van der Waals surface area contributed by atoms with Gasteiger partial charge in [-0.2, -0.15) is 18.0 Å². The van der Waals surface area contributed by atoms with E-state index in [1.54, 1.807) is 23.4 Å². The molecule has 2 atom stereocenters. The van der Waals surface area contributed by atoms with Gasteiger partial charge in [0.2, 0.25) is 0 Å². The Hall–Kier alpha value is -1.29. The summed E-state index contributed by atoms with van der Waals surface area (Å²) < 4.78 is 28.4. The van der Waals surface area contributed by atoms with Crippen LogP contribution in [0.4, 0.5) is 5.69 Å². The van der Waals surface area contributed by atoms with E-state index in [0.29, 0.717) is 40.8 Å². The predicted octanol–water partition coefficient (Wildman–Crippen LogP) is 2.30. The predicted molar refractivity (Wildman–Crippen MR) is 81.4 cm³/mol. The number of nitriles is 1. The lowest BCUT2D eigenvalue weighted by Gasteiger charge is -2.22. The molecule has 2 saturated heterocycles. The van der Waals surface area contributed by atoms with E-state index in [0.717, 1.165) is 6.42 Å². The third kappa shape index (κ3) is 2.03. The van der Waals surface area contributed by atoms with Gasteiger partial charge in [-0.05, 0) is 37.0 Å². The Morgan fingerprint density at radius 3 is 2.76 bits per heavy atom. The first-order valence-corrected chi connectivity index (χ1v) is 8.64. The third-order valence-electron chi connectivity index (χ3n) is 4.51. The minimum absolute atomic E-state index is 0.0313. The lowest BCUT2D eigenvalue weighted by Crippen LogP contribution is -2.33. The zero-order valence-corrected chi connectivity index (χ0v) is 13.4. The molecule has 2 fully saturated rings. The number of benzene rings is 1. The van der Waals surface area contributed by atoms with Crippen LogP contribution in [0.25, 0.3) is 0 Å². The van der Waals surface area contributed by atoms with Gasteiger partial charge in [0.1, 0.15) is 6.07 Å². The van der Waals surface area contributed by atoms with Gasteiger partial charge < -0.3 is 0 Å². The van der Waals surface area contributed by atoms with Crippen molar-refractivity contribution in [2.45, 2.75) is 26.3 Å². The van der Waals surface area contributed by atoms with Crippen LogP contribution in [0.3, 0.4) is 0 Å². The Labute approximate surface area is 129 Å². The van der Waals surface area contributed by atoms with Gasteiger partial charge in [0.05, 0.1) is 22.8 Å². The third-order valence-corrected chi connectivity index (χ3v) is 6.94. The molecule has 2 heterocycles. The molecule has 0 aliphatic carbocycles. The van der Waals surface area contributed by atoms with Gasteiger partial charge in [-0.25, -0.2) is 0 Å². The largest absolute Gasteiger partial charge is 0.304 e. The fourth-order valence-electron chi connectivity index (χ4n) is 3.18. The molecule has 21 heavy (non-hydrogen) atoms. The molecule has 0 spiro atoms. The number of hydrogen-bond acceptors (Lipinski definition) is 3. The average Bonchev–Trinajstić information content (AvgIpc) is 2.93. The SMILES string of the molecule is Cc1c(N2C[C@@H]3[C@@H](C)CCN3S2(=O)=O)ccc(C#N)c1Cl. The van der Waals surface area contributed by atoms with Crippen molar-refractivity contribution >= 4 is 27.5 Å². The van der Waals surface area contributed by atoms with Crippen LogP contribution in [0.2, 0.25) is 5.02 Å². The number of fused-ring (bicyclic) bond motifs is 1. The van der Waals surface area contributed by atoms with E-state index in [1.807, 2.05) is 6.07 Å². The van der Waals surface area contributed by atoms with Crippen molar-refractivity contribution in [1.82, 2.24) is 4.31 Å². The molecule has 2 aliphatic heterocycles. The highest BCUT2D eigenvalue weighted by atomic mass is 35.5. The minimum Gasteiger partial charge on any atom is -0.256 e. The zero-order valence-electron chi connectivity index (χ0n) is 11.9. The Morgan fingerprint density at radius 2 is 2.14 bits per heavy atom. The topological polar surface area (TPSA) is 64.4 Å². The van der Waals surface area contributed by atoms with Gasteiger partial charge in [-0.15, -0.1) is 0 Å². The van der Waals surface area contributed by atoms with Crippen LogP contribution >= 0.6 is 11.6 Å². The Morgan fingerprint density at radius 1 is 1.43 bits per heavy atom. The summed E-state index contributed by atoms with van der Waals surface area (Å²) in [6.45, 7) is 4.86. The molecule has 1 aromatic rings. The van der Waals surface area contributed by atoms with E-state index in [2.05, 4.69) is 6.92 Å². The summed E-state index contributed by atoms with van der Waals surface area (Å²) in [5.41, 5.74) is 1.57. The van der Waals surface area contributed by atoms with Gasteiger partial charge >= 0.3 is 10.2 Å². The molecule has 0 radical (unpaired) electrons. The van der Waals surface area contributed by atoms with Crippen molar-refractivity contribution < 1.29 is 8.42 Å². The second-order valence-electron chi connectivity index (χ2n) is 5.67. The number of rotatable bonds is 1. The van der Waals surface area contributed by atoms with Crippen LogP contribution < -0.4 is 4.31 Å². The molecule has 0 aromatic heterocycles. The maximum Gasteiger partial charge on any atom is 0.304 e. The summed E-state index contributed by atoms with van der Waals surface area (Å²) in [5.74, 6) is 0.360. The molecule has 0 bridgehead atoms. The van der Waals surface area contributed by atoms with Crippen LogP contribution in [0.1, 0.15) is 24.5 Å². The Kier molecular flexibility index (Phi) is 3.40. The second kappa shape index (κ2) is 4.87. The van der Waals surface area contributed by atoms with E-state index in [-0.39, 0.29) is 6.04 Å². The summed E-state index contributed by atoms with van der Waals surface area (Å²) in [6.07, 6.45) is 0.908. The van der Waals surface area contributed by atoms with Crippen molar-refractivity contribution in [2.24, 2.45) is 5.92 Å². The highest BCUT2D eigenvalue weighted by Crippen LogP contribution is 2.40. The maximum absolute atomic E-state index is 12.7. The van der Waals surface area contributed by atoms with E-state index in [4.69, 9.17) is 16.9 Å². The smallest absolute Gasteiger partial charge is 0.256 e. The fourth-order valence-corrected chi connectivity index (χ4v) is 5.37. The highest BCUT2D eigenvalue weighted by molar-refractivity contribution is 7.90. The van der Waals surface area contributed by atoms with E-state index in [1.165, 1.54) is 4.31 Å². The molecule has 0 saturated carbocycles. The van der Waals surface area contributed by atoms with Gasteiger partial charge in [0.15, 0.2) is 0 Å². The van der Waals surface area contributed by atoms with Crippen LogP contribution in [-0.2, 0) is 10.2 Å². The van der Waals surface area contributed by atoms with Crippen molar-refractivity contribution in [1.29, 1.82) is 5.26 Å². The average molecular weight is 326 g/mol. The molecule has 7 heteroatoms. The first-order valence-electron chi connectivity index (χ1n) is 6.86. The van der Waals surface area contributed by atoms with E-state index < -0.39 is 10.2 Å². The number of nitrogens with zero attached hydrogens (tertiary/aromatic N) is 3. The molecule has 5 nitrogen and oxygen atoms in total. The molecule has 112 valence electrons. The van der Waals surface area contributed by atoms with Gasteiger partial charge in [0, 0.05) is 12.6 Å². The number of hydrogen-bond donors (Lipinski definition) is 0. The molecule has 2 aliphatic rings. The standard InChI is InChI=1S/C14H16ClN3O2S/c1-9-5-6-17-13(9)8-18(21(17,19)20)12-4-3-11(7-16)14(15)10(12)2/h3-4,9,13H,5-6,8H2,1-2H3/t9-,13+/m0/s1. The van der Waals surface area contributed by atoms with Crippen molar-refractivity contribution in [2.75, 3.05) is 17.4 Å². The second-order valence-corrected chi connectivity index (χ2v) is 7.85. The first kappa shape index (κ1) is 14.6. The lowest BCUT2D eigenvalue weighted by atomic mass is 10.0. The van der Waals surface area contributed by atoms with Crippen LogP contribution in [0, 0.1) is 24.2 Å². The quantitative estimate of drug-likeness (QED) is 0.795. The number of halogens is 1. The highest BCUT2D eigenvalue weighted by Gasteiger charge is 2.49. The molecular weight excluding hydrogens is 310 g/mol. The lowest BCUT2D eigenvalue weighted by molar-refractivity contribution is 0.390. The molecular formula is C14H16ClN3O2S. The van der Waals surface area contributed by atoms with Crippen LogP contribution in [-0.4, -0.2) is 31.9 Å². The number of anilines is 1. The molecule has 0 amide bonds. The van der Waals surface area contributed by atoms with E-state index in [9.17, 15) is 8.42 Å². The Balaban J connectivity index is 2.07.